The van der Waals surface area contributed by atoms with E-state index in [0.717, 1.165) is 0 Å². The molecule has 1 fully saturated rings. The maximum Gasteiger partial charge on any atom is 0.282 e. The smallest absolute Gasteiger partial charge is 0.282 e. The quantitative estimate of drug-likeness (QED) is 0.702. The minimum absolute atomic E-state index is 0.00183. The zero-order chi connectivity index (χ0) is 11.6. The number of hydrogen-bond donors (Lipinski definition) is 0. The van der Waals surface area contributed by atoms with E-state index in [4.69, 9.17) is 0 Å². The molecule has 0 aromatic rings. The summed E-state index contributed by atoms with van der Waals surface area (Å²) in [5, 5.41) is 0. The van der Waals surface area contributed by atoms with Crippen molar-refractivity contribution < 1.29 is 13.2 Å². The first kappa shape index (κ1) is 12.6. The molecule has 0 aliphatic carbocycles. The maximum atomic E-state index is 12.0. The number of ketones is 1. The second kappa shape index (κ2) is 4.59. The van der Waals surface area contributed by atoms with Crippen molar-refractivity contribution in [1.82, 2.24) is 8.61 Å². The molecule has 0 amide bonds. The second-order valence-electron chi connectivity index (χ2n) is 4.09. The number of Topliss-reactive ketones (excluding diaryl/α,β-unsaturated/α-hetero) is 1. The van der Waals surface area contributed by atoms with Crippen LogP contribution < -0.4 is 0 Å². The van der Waals surface area contributed by atoms with Crippen molar-refractivity contribution in [3.05, 3.63) is 0 Å². The Bertz CT molecular complexity index is 337. The molecular formula is C9H18N2O3S. The molecule has 0 radical (unpaired) electrons. The van der Waals surface area contributed by atoms with Crippen LogP contribution in [-0.4, -0.2) is 49.0 Å². The number of rotatable bonds is 3. The third-order valence-corrected chi connectivity index (χ3v) is 4.75. The molecule has 0 N–H and O–H groups in total. The fourth-order valence-electron chi connectivity index (χ4n) is 1.45. The Morgan fingerprint density at radius 1 is 1.40 bits per heavy atom. The van der Waals surface area contributed by atoms with Crippen LogP contribution >= 0.6 is 0 Å². The highest BCUT2D eigenvalue weighted by Crippen LogP contribution is 2.15. The van der Waals surface area contributed by atoms with Crippen molar-refractivity contribution in [3.63, 3.8) is 0 Å². The van der Waals surface area contributed by atoms with Crippen molar-refractivity contribution in [2.75, 3.05) is 20.1 Å². The molecule has 1 heterocycles. The molecule has 0 atom stereocenters. The second-order valence-corrected chi connectivity index (χ2v) is 6.08. The van der Waals surface area contributed by atoms with Crippen molar-refractivity contribution in [2.45, 2.75) is 32.7 Å². The zero-order valence-electron chi connectivity index (χ0n) is 9.43. The fraction of sp³-hybridized carbons (Fsp3) is 0.889. The average molecular weight is 234 g/mol. The monoisotopic (exact) mass is 234 g/mol. The highest BCUT2D eigenvalue weighted by Gasteiger charge is 2.31. The van der Waals surface area contributed by atoms with Gasteiger partial charge in [0.2, 0.25) is 0 Å². The van der Waals surface area contributed by atoms with Gasteiger partial charge in [-0.1, -0.05) is 0 Å². The van der Waals surface area contributed by atoms with E-state index < -0.39 is 10.2 Å². The molecule has 0 bridgehead atoms. The molecular weight excluding hydrogens is 216 g/mol. The van der Waals surface area contributed by atoms with Crippen LogP contribution in [0.15, 0.2) is 0 Å². The van der Waals surface area contributed by atoms with Crippen LogP contribution in [0.1, 0.15) is 26.7 Å². The molecule has 15 heavy (non-hydrogen) atoms. The lowest BCUT2D eigenvalue weighted by molar-refractivity contribution is -0.120. The highest BCUT2D eigenvalue weighted by atomic mass is 32.2. The summed E-state index contributed by atoms with van der Waals surface area (Å²) in [4.78, 5) is 11.2. The molecule has 0 spiro atoms. The molecule has 5 nitrogen and oxygen atoms in total. The van der Waals surface area contributed by atoms with Crippen LogP contribution in [-0.2, 0) is 15.0 Å². The van der Waals surface area contributed by atoms with Gasteiger partial charge in [0.05, 0.1) is 6.54 Å². The summed E-state index contributed by atoms with van der Waals surface area (Å²) < 4.78 is 26.5. The molecule has 88 valence electrons. The van der Waals surface area contributed by atoms with Gasteiger partial charge in [0.1, 0.15) is 5.78 Å². The van der Waals surface area contributed by atoms with Gasteiger partial charge in [0.15, 0.2) is 0 Å². The van der Waals surface area contributed by atoms with E-state index in [2.05, 4.69) is 0 Å². The first-order valence-electron chi connectivity index (χ1n) is 5.10. The molecule has 6 heteroatoms. The van der Waals surface area contributed by atoms with Crippen molar-refractivity contribution in [3.8, 4) is 0 Å². The molecule has 0 unspecified atom stereocenters. The summed E-state index contributed by atoms with van der Waals surface area (Å²) in [7, 11) is -1.91. The Morgan fingerprint density at radius 3 is 2.47 bits per heavy atom. The van der Waals surface area contributed by atoms with Crippen LogP contribution in [0.25, 0.3) is 0 Å². The maximum absolute atomic E-state index is 12.0. The summed E-state index contributed by atoms with van der Waals surface area (Å²) in [6.45, 7) is 4.09. The average Bonchev–Trinajstić information content (AvgIpc) is 2.16. The third kappa shape index (κ3) is 2.76. The highest BCUT2D eigenvalue weighted by molar-refractivity contribution is 7.86. The Hall–Kier alpha value is -0.460. The van der Waals surface area contributed by atoms with Gasteiger partial charge in [-0.05, 0) is 20.3 Å². The lowest BCUT2D eigenvalue weighted by Crippen LogP contribution is -2.48. The van der Waals surface area contributed by atoms with E-state index in [1.165, 1.54) is 8.61 Å². The predicted molar refractivity (Wildman–Crippen MR) is 57.6 cm³/mol. The largest absolute Gasteiger partial charge is 0.298 e. The van der Waals surface area contributed by atoms with Crippen molar-refractivity contribution in [2.24, 2.45) is 0 Å². The van der Waals surface area contributed by atoms with Crippen LogP contribution in [0.3, 0.4) is 0 Å². The lowest BCUT2D eigenvalue weighted by Gasteiger charge is -2.31. The van der Waals surface area contributed by atoms with Gasteiger partial charge in [-0.15, -0.1) is 0 Å². The number of nitrogens with zero attached hydrogens (tertiary/aromatic N) is 2. The van der Waals surface area contributed by atoms with E-state index >= 15 is 0 Å². The number of hydrogen-bond acceptors (Lipinski definition) is 3. The Morgan fingerprint density at radius 2 is 2.00 bits per heavy atom. The normalized spacial score (nSPS) is 20.2. The third-order valence-electron chi connectivity index (χ3n) is 2.63. The van der Waals surface area contributed by atoms with E-state index in [-0.39, 0.29) is 18.4 Å². The first-order chi connectivity index (χ1) is 6.85. The van der Waals surface area contributed by atoms with Crippen molar-refractivity contribution in [1.29, 1.82) is 0 Å². The summed E-state index contributed by atoms with van der Waals surface area (Å²) in [5.41, 5.74) is 0. The minimum atomic E-state index is -3.45. The number of piperidine rings is 1. The van der Waals surface area contributed by atoms with Gasteiger partial charge in [-0.25, -0.2) is 0 Å². The van der Waals surface area contributed by atoms with E-state index in [1.54, 1.807) is 7.05 Å². The molecule has 0 aromatic heterocycles. The first-order valence-corrected chi connectivity index (χ1v) is 6.50. The molecule has 1 aliphatic heterocycles. The standard InChI is InChI=1S/C9H18N2O3S/c1-8(2)10(3)15(13,14)11-6-4-5-9(12)7-11/h8H,4-7H2,1-3H3. The lowest BCUT2D eigenvalue weighted by atomic mass is 10.1. The fourth-order valence-corrected chi connectivity index (χ4v) is 3.02. The van der Waals surface area contributed by atoms with Gasteiger partial charge >= 0.3 is 0 Å². The molecule has 0 aromatic carbocycles. The Kier molecular flexibility index (Phi) is 3.86. The number of carbonyl (C=O) groups is 1. The van der Waals surface area contributed by atoms with Gasteiger partial charge < -0.3 is 0 Å². The molecule has 1 rings (SSSR count). The van der Waals surface area contributed by atoms with E-state index in [9.17, 15) is 13.2 Å². The van der Waals surface area contributed by atoms with Gasteiger partial charge in [-0.2, -0.15) is 17.0 Å². The molecule has 0 saturated carbocycles. The SMILES string of the molecule is CC(C)N(C)S(=O)(=O)N1CCCC(=O)C1. The zero-order valence-corrected chi connectivity index (χ0v) is 10.2. The van der Waals surface area contributed by atoms with Gasteiger partial charge in [0.25, 0.3) is 10.2 Å². The molecule has 1 aliphatic rings. The van der Waals surface area contributed by atoms with E-state index in [1.807, 2.05) is 13.8 Å². The van der Waals surface area contributed by atoms with Gasteiger partial charge in [-0.3, -0.25) is 4.79 Å². The summed E-state index contributed by atoms with van der Waals surface area (Å²) in [5.74, 6) is 0.00183. The Balaban J connectivity index is 2.81. The van der Waals surface area contributed by atoms with Crippen LogP contribution in [0.2, 0.25) is 0 Å². The minimum Gasteiger partial charge on any atom is -0.298 e. The predicted octanol–water partition coefficient (Wildman–Crippen LogP) is 0.236. The summed E-state index contributed by atoms with van der Waals surface area (Å²) in [6.07, 6.45) is 1.13. The van der Waals surface area contributed by atoms with Crippen molar-refractivity contribution >= 4 is 16.0 Å². The summed E-state index contributed by atoms with van der Waals surface area (Å²) in [6, 6.07) is -0.0907. The summed E-state index contributed by atoms with van der Waals surface area (Å²) >= 11 is 0. The van der Waals surface area contributed by atoms with Crippen LogP contribution in [0, 0.1) is 0 Å². The Labute approximate surface area is 91.2 Å². The van der Waals surface area contributed by atoms with E-state index in [0.29, 0.717) is 19.4 Å². The van der Waals surface area contributed by atoms with Crippen LogP contribution in [0.5, 0.6) is 0 Å². The van der Waals surface area contributed by atoms with Gasteiger partial charge in [0, 0.05) is 26.1 Å². The molecule has 1 saturated heterocycles. The topological polar surface area (TPSA) is 57.7 Å². The number of carbonyl (C=O) groups excluding carboxylic acids is 1. The van der Waals surface area contributed by atoms with Crippen LogP contribution in [0.4, 0.5) is 0 Å².